The zero-order valence-electron chi connectivity index (χ0n) is 21.8. The topological polar surface area (TPSA) is 125 Å². The monoisotopic (exact) mass is 574 g/mol. The largest absolute Gasteiger partial charge is 1.00 e. The number of carbonyl (C=O) groups is 2. The van der Waals surface area contributed by atoms with Crippen LogP contribution in [0.3, 0.4) is 0 Å². The van der Waals surface area contributed by atoms with Gasteiger partial charge in [0.05, 0.1) is 14.4 Å². The van der Waals surface area contributed by atoms with Gasteiger partial charge in [-0.25, -0.2) is 9.59 Å². The fourth-order valence-corrected chi connectivity index (χ4v) is 1.76. The van der Waals surface area contributed by atoms with Crippen LogP contribution in [0, 0.1) is 143 Å². The van der Waals surface area contributed by atoms with Gasteiger partial charge in [0, 0.05) is 11.8 Å². The predicted molar refractivity (Wildman–Crippen MR) is 134 cm³/mol. The summed E-state index contributed by atoms with van der Waals surface area (Å²) in [6.45, 7) is -0.0384. The molecule has 8 nitrogen and oxygen atoms in total. The molecule has 0 unspecified atom stereocenters. The zero-order chi connectivity index (χ0) is 29.0. The average Bonchev–Trinajstić information content (AvgIpc) is 2.89. The Labute approximate surface area is 283 Å². The normalized spacial score (nSPS) is 7.27. The molecule has 0 radical (unpaired) electrons. The second-order valence-electron chi connectivity index (χ2n) is 5.39. The summed E-state index contributed by atoms with van der Waals surface area (Å²) >= 11 is 0. The quantitative estimate of drug-likeness (QED) is 0.101. The molecule has 0 aliphatic rings. The number of hydrogen-bond acceptors (Lipinski definition) is 8. The van der Waals surface area contributed by atoms with E-state index in [0.717, 1.165) is 0 Å². The molecule has 0 heterocycles. The van der Waals surface area contributed by atoms with Gasteiger partial charge in [-0.05, 0) is 125 Å². The van der Waals surface area contributed by atoms with Gasteiger partial charge in [-0.1, -0.05) is 5.92 Å². The van der Waals surface area contributed by atoms with Crippen molar-refractivity contribution >= 4 is 19.8 Å². The van der Waals surface area contributed by atoms with Crippen LogP contribution in [0.4, 0.5) is 0 Å². The Morgan fingerprint density at radius 3 is 1.46 bits per heavy atom. The van der Waals surface area contributed by atoms with Crippen LogP contribution >= 0.6 is 7.82 Å². The first-order valence-electron chi connectivity index (χ1n) is 9.72. The van der Waals surface area contributed by atoms with Gasteiger partial charge in [0.2, 0.25) is 0 Å². The predicted octanol–water partition coefficient (Wildman–Crippen LogP) is -8.01. The Bertz CT molecular complexity index is 1770. The van der Waals surface area contributed by atoms with Crippen molar-refractivity contribution in [1.82, 2.24) is 0 Å². The number of terminal acetylenes is 1. The maximum Gasteiger partial charge on any atom is 1.00 e. The molecule has 0 saturated heterocycles. The molecule has 0 aliphatic carbocycles. The summed E-state index contributed by atoms with van der Waals surface area (Å²) in [5, 5.41) is 0. The van der Waals surface area contributed by atoms with Crippen LogP contribution in [0.15, 0.2) is 0 Å². The summed E-state index contributed by atoms with van der Waals surface area (Å²) in [5.74, 6) is 50.4. The van der Waals surface area contributed by atoms with Crippen molar-refractivity contribution in [2.24, 2.45) is 0 Å². The zero-order valence-corrected chi connectivity index (χ0v) is 26.7. The van der Waals surface area contributed by atoms with Crippen molar-refractivity contribution < 1.29 is 97.1 Å². The fourth-order valence-electron chi connectivity index (χ4n) is 1.41. The molecule has 0 aromatic heterocycles. The van der Waals surface area contributed by atoms with Gasteiger partial charge in [-0.15, -0.1) is 6.42 Å². The summed E-state index contributed by atoms with van der Waals surface area (Å²) in [7, 11) is -5.41. The van der Waals surface area contributed by atoms with E-state index in [9.17, 15) is 23.9 Å². The van der Waals surface area contributed by atoms with Crippen LogP contribution in [-0.2, 0) is 28.2 Å². The Kier molecular flexibility index (Phi) is 28.9. The smallest absolute Gasteiger partial charge is 0.790 e. The number of rotatable bonds is 6. The summed E-state index contributed by atoms with van der Waals surface area (Å²) < 4.78 is 24.3. The van der Waals surface area contributed by atoms with Gasteiger partial charge in [0.1, 0.15) is 6.61 Å². The molecule has 184 valence electrons. The summed E-state index contributed by atoms with van der Waals surface area (Å²) in [6.07, 6.45) is 3.40. The van der Waals surface area contributed by atoms with E-state index >= 15 is 0 Å². The van der Waals surface area contributed by atoms with Gasteiger partial charge in [-0.3, -0.25) is 0 Å². The van der Waals surface area contributed by atoms with E-state index in [2.05, 4.69) is 129 Å². The molecule has 0 amide bonds. The second kappa shape index (κ2) is 28.8. The summed E-state index contributed by atoms with van der Waals surface area (Å²) in [4.78, 5) is 44.9. The molecule has 0 fully saturated rings. The molecule has 0 bridgehead atoms. The maximum absolute atomic E-state index is 11.8. The summed E-state index contributed by atoms with van der Waals surface area (Å²) in [5.41, 5.74) is 0. The Morgan fingerprint density at radius 1 is 0.659 bits per heavy atom. The number of ether oxygens (including phenoxy) is 2. The van der Waals surface area contributed by atoms with Gasteiger partial charge >= 0.3 is 71.1 Å². The van der Waals surface area contributed by atoms with E-state index in [0.29, 0.717) is 0 Å². The number of hydrogen-bond donors (Lipinski definition) is 0. The maximum atomic E-state index is 11.8. The van der Waals surface area contributed by atoms with Crippen LogP contribution < -0.4 is 68.9 Å². The number of carbonyl (C=O) groups excluding carboxylic acids is 2. The standard InChI is InChI=1S/C30H11O8P.2Na/c1-3-5-7-9-11-13-14-15-17-19-21-23-25-30(32)38-28(27-37-39(33,34)35)26-36-29(31)24-22-20-18-16-12-10-8-6-4-2;;/h1,28H,26-27H2,2H3,(H2,33,34,35);;/q;2*+1/p-2/t28-;;/m0../s1. The van der Waals surface area contributed by atoms with E-state index < -0.39 is 39.1 Å². The molecular formula is C30H9Na2O8P. The van der Waals surface area contributed by atoms with E-state index in [1.807, 2.05) is 11.8 Å². The van der Waals surface area contributed by atoms with E-state index in [1.54, 1.807) is 6.92 Å². The van der Waals surface area contributed by atoms with E-state index in [4.69, 9.17) is 15.9 Å². The number of phosphoric ester groups is 1. The molecule has 0 aromatic carbocycles. The first-order valence-corrected chi connectivity index (χ1v) is 11.2. The molecule has 0 aromatic rings. The van der Waals surface area contributed by atoms with Crippen molar-refractivity contribution in [1.29, 1.82) is 0 Å². The van der Waals surface area contributed by atoms with E-state index in [-0.39, 0.29) is 59.1 Å². The van der Waals surface area contributed by atoms with Crippen LogP contribution in [0.2, 0.25) is 0 Å². The second-order valence-corrected chi connectivity index (χ2v) is 6.54. The first kappa shape index (κ1) is 41.3. The minimum Gasteiger partial charge on any atom is -0.790 e. The average molecular weight is 574 g/mol. The molecular weight excluding hydrogens is 565 g/mol. The van der Waals surface area contributed by atoms with Crippen molar-refractivity contribution in [3.63, 3.8) is 0 Å². The van der Waals surface area contributed by atoms with E-state index in [1.165, 1.54) is 0 Å². The Hall–Kier alpha value is -4.23. The fraction of sp³-hybridized carbons (Fsp3) is 0.133. The van der Waals surface area contributed by atoms with Gasteiger partial charge in [-0.2, -0.15) is 0 Å². The Morgan fingerprint density at radius 2 is 1.05 bits per heavy atom. The first-order chi connectivity index (χ1) is 18.8. The molecule has 0 N–H and O–H groups in total. The van der Waals surface area contributed by atoms with Gasteiger partial charge in [0.25, 0.3) is 0 Å². The Balaban J connectivity index is -0.00000722. The van der Waals surface area contributed by atoms with Crippen molar-refractivity contribution in [2.45, 2.75) is 13.0 Å². The van der Waals surface area contributed by atoms with Crippen molar-refractivity contribution in [2.75, 3.05) is 13.2 Å². The minimum atomic E-state index is -5.41. The van der Waals surface area contributed by atoms with Crippen LogP contribution in [-0.4, -0.2) is 31.3 Å². The van der Waals surface area contributed by atoms with Gasteiger partial charge in [0.15, 0.2) is 6.10 Å². The summed E-state index contributed by atoms with van der Waals surface area (Å²) in [6, 6.07) is 0. The SMILES string of the molecule is C#CC#CC#CC#CC#CC#CC#CC(=O)O[C@@H](COC(=O)C#CC#CC#CC#CC#CC)COP(=O)([O-])[O-].[Na+].[Na+]. The number of phosphoric acid groups is 1. The van der Waals surface area contributed by atoms with Crippen molar-refractivity contribution in [3.8, 4) is 143 Å². The third-order valence-corrected chi connectivity index (χ3v) is 3.15. The van der Waals surface area contributed by atoms with Crippen LogP contribution in [0.5, 0.6) is 0 Å². The molecule has 11 heteroatoms. The van der Waals surface area contributed by atoms with Crippen LogP contribution in [0.25, 0.3) is 0 Å². The third kappa shape index (κ3) is 31.9. The molecule has 0 aliphatic heterocycles. The molecule has 41 heavy (non-hydrogen) atoms. The van der Waals surface area contributed by atoms with Gasteiger partial charge < -0.3 is 28.3 Å². The third-order valence-electron chi connectivity index (χ3n) is 2.68. The molecule has 0 spiro atoms. The minimum absolute atomic E-state index is 0. The number of esters is 2. The van der Waals surface area contributed by atoms with Crippen LogP contribution in [0.1, 0.15) is 6.92 Å². The molecule has 0 saturated carbocycles. The molecule has 0 rings (SSSR count). The molecule has 1 atom stereocenters. The van der Waals surface area contributed by atoms with Crippen molar-refractivity contribution in [3.05, 3.63) is 0 Å².